The van der Waals surface area contributed by atoms with Gasteiger partial charge in [0.05, 0.1) is 12.4 Å². The third-order valence-electron chi connectivity index (χ3n) is 12.2. The fraction of sp³-hybridized carbons (Fsp3) is 0.702. The summed E-state index contributed by atoms with van der Waals surface area (Å²) < 4.78 is 14.6. The lowest BCUT2D eigenvalue weighted by Crippen LogP contribution is -2.40. The summed E-state index contributed by atoms with van der Waals surface area (Å²) in [6.07, 6.45) is 17.6. The number of nitrogens with one attached hydrogen (secondary N) is 4. The van der Waals surface area contributed by atoms with Crippen LogP contribution in [0.25, 0.3) is 11.3 Å². The van der Waals surface area contributed by atoms with Gasteiger partial charge in [0.2, 0.25) is 29.7 Å². The summed E-state index contributed by atoms with van der Waals surface area (Å²) in [5, 5.41) is 32.6. The monoisotopic (exact) mass is 1060 g/mol. The maximum Gasteiger partial charge on any atom is 0.328 e. The summed E-state index contributed by atoms with van der Waals surface area (Å²) >= 11 is 6.43. The number of unbranched alkanes of at least 4 members (excludes halogenated alkanes) is 1. The molecule has 0 bridgehead atoms. The number of carbonyl (C=O) groups excluding carboxylic acids is 1. The van der Waals surface area contributed by atoms with E-state index in [0.717, 1.165) is 143 Å². The number of fused-ring (bicyclic) bond motifs is 2. The number of anilines is 4. The average molecular weight is 1060 g/mol. The molecule has 0 radical (unpaired) electrons. The van der Waals surface area contributed by atoms with E-state index in [-0.39, 0.29) is 5.91 Å². The molecule has 5 N–H and O–H groups in total. The molecule has 0 spiro atoms. The predicted molar refractivity (Wildman–Crippen MR) is 273 cm³/mol. The fourth-order valence-electron chi connectivity index (χ4n) is 8.07. The third kappa shape index (κ3) is 17.1. The van der Waals surface area contributed by atoms with Crippen molar-refractivity contribution < 1.29 is 24.2 Å². The SMILES string of the molecule is CC(C)c1cnn2c(NCC3CCN(C(=O)CCCBr)CC3)nc(NC3CCOCC3)nc12.CCCCC(C)CNc1nc(NC2CCOCC2)nc2c(C(C)C)cnn12.O=C(O)/C=C/CBr. The fourth-order valence-corrected chi connectivity index (χ4v) is 8.54. The number of hydrogen-bond acceptors (Lipinski definition) is 14. The molecule has 372 valence electrons. The number of piperidine rings is 1. The van der Waals surface area contributed by atoms with Gasteiger partial charge in [0.15, 0.2) is 11.3 Å². The van der Waals surface area contributed by atoms with Gasteiger partial charge in [-0.05, 0) is 75.0 Å². The maximum absolute atomic E-state index is 12.3. The van der Waals surface area contributed by atoms with E-state index in [4.69, 9.17) is 34.5 Å². The van der Waals surface area contributed by atoms with Gasteiger partial charge in [0.25, 0.3) is 0 Å². The van der Waals surface area contributed by atoms with Gasteiger partial charge in [-0.2, -0.15) is 39.2 Å². The van der Waals surface area contributed by atoms with Crippen LogP contribution in [0.15, 0.2) is 24.5 Å². The quantitative estimate of drug-likeness (QED) is 0.0414. The van der Waals surface area contributed by atoms with Crippen molar-refractivity contribution in [2.24, 2.45) is 11.8 Å². The van der Waals surface area contributed by atoms with Crippen molar-refractivity contribution in [3.05, 3.63) is 35.7 Å². The molecule has 3 aliphatic heterocycles. The lowest BCUT2D eigenvalue weighted by atomic mass is 9.96. The molecule has 7 rings (SSSR count). The Labute approximate surface area is 413 Å². The maximum atomic E-state index is 12.3. The standard InChI is InChI=1S/C23H36BrN7O2.C20H34N6O.C4H5BrO2/c1-16(2)19-15-26-31-21(19)28-22(27-18-7-12-33-13-8-18)29-23(31)25-14-17-5-10-30(11-6-17)20(32)4-3-9-24;1-5-6-7-15(4)12-21-20-25-19(23-16-8-10-27-11-9-16)24-18-17(14(2)3)13-22-26(18)20;5-3-1-2-4(6)7/h15-18H,3-14H2,1-2H3,(H2,25,27,28,29);13-16H,5-12H2,1-4H3,(H2,21,23,24,25);1-2H,3H2,(H,6,7)/b;;2-1+. The second kappa shape index (κ2) is 28.4. The van der Waals surface area contributed by atoms with Crippen molar-refractivity contribution in [2.75, 3.05) is 84.5 Å². The number of halogens is 2. The van der Waals surface area contributed by atoms with E-state index >= 15 is 0 Å². The number of alkyl halides is 2. The summed E-state index contributed by atoms with van der Waals surface area (Å²) in [5.41, 5.74) is 4.00. The first-order chi connectivity index (χ1) is 32.4. The molecule has 18 nitrogen and oxygen atoms in total. The Hall–Kier alpha value is -4.14. The third-order valence-corrected chi connectivity index (χ3v) is 13.1. The molecule has 67 heavy (non-hydrogen) atoms. The molecule has 7 heterocycles. The Morgan fingerprint density at radius 2 is 1.30 bits per heavy atom. The number of rotatable bonds is 20. The number of hydrogen-bond donors (Lipinski definition) is 5. The summed E-state index contributed by atoms with van der Waals surface area (Å²) in [6.45, 7) is 19.7. The van der Waals surface area contributed by atoms with E-state index in [0.29, 0.717) is 59.4 Å². The van der Waals surface area contributed by atoms with Crippen molar-refractivity contribution in [3.8, 4) is 0 Å². The van der Waals surface area contributed by atoms with Gasteiger partial charge in [-0.3, -0.25) is 4.79 Å². The predicted octanol–water partition coefficient (Wildman–Crippen LogP) is 8.76. The largest absolute Gasteiger partial charge is 0.478 e. The first kappa shape index (κ1) is 53.8. The molecule has 1 atom stereocenters. The average Bonchev–Trinajstić information content (AvgIpc) is 3.97. The topological polar surface area (TPSA) is 210 Å². The normalized spacial score (nSPS) is 16.8. The zero-order chi connectivity index (χ0) is 48.1. The van der Waals surface area contributed by atoms with Crippen molar-refractivity contribution in [1.29, 1.82) is 0 Å². The lowest BCUT2D eigenvalue weighted by Gasteiger charge is -2.32. The zero-order valence-corrected chi connectivity index (χ0v) is 43.7. The minimum absolute atomic E-state index is 0.278. The molecule has 3 fully saturated rings. The number of likely N-dealkylation sites (tertiary alicyclic amines) is 1. The number of carbonyl (C=O) groups is 2. The van der Waals surface area contributed by atoms with Gasteiger partial charge < -0.3 is 40.7 Å². The Balaban J connectivity index is 0.000000223. The molecule has 0 aliphatic carbocycles. The summed E-state index contributed by atoms with van der Waals surface area (Å²) in [5.74, 6) is 3.98. The van der Waals surface area contributed by atoms with E-state index in [2.05, 4.69) is 105 Å². The van der Waals surface area contributed by atoms with Gasteiger partial charge in [-0.1, -0.05) is 92.3 Å². The van der Waals surface area contributed by atoms with Crippen LogP contribution in [0.4, 0.5) is 23.8 Å². The number of carboxylic acid groups (broad SMARTS) is 1. The van der Waals surface area contributed by atoms with Crippen LogP contribution in [0.2, 0.25) is 0 Å². The molecule has 3 aliphatic rings. The second-order valence-corrected chi connectivity index (χ2v) is 19.7. The molecule has 20 heteroatoms. The van der Waals surface area contributed by atoms with Gasteiger partial charge in [-0.25, -0.2) is 4.79 Å². The van der Waals surface area contributed by atoms with Gasteiger partial charge in [0, 0.05) is 99.0 Å². The van der Waals surface area contributed by atoms with Crippen LogP contribution < -0.4 is 21.3 Å². The Kier molecular flexibility index (Phi) is 22.8. The first-order valence-corrected chi connectivity index (χ1v) is 26.6. The smallest absolute Gasteiger partial charge is 0.328 e. The van der Waals surface area contributed by atoms with Crippen molar-refractivity contribution in [3.63, 3.8) is 0 Å². The molecule has 0 saturated carbocycles. The number of ether oxygens (including phenoxy) is 2. The van der Waals surface area contributed by atoms with Crippen LogP contribution >= 0.6 is 31.9 Å². The van der Waals surface area contributed by atoms with Gasteiger partial charge in [0.1, 0.15) is 0 Å². The number of amides is 1. The van der Waals surface area contributed by atoms with Crippen LogP contribution in [0.5, 0.6) is 0 Å². The molecule has 4 aromatic heterocycles. The van der Waals surface area contributed by atoms with E-state index in [1.807, 2.05) is 26.3 Å². The van der Waals surface area contributed by atoms with Gasteiger partial charge >= 0.3 is 5.97 Å². The van der Waals surface area contributed by atoms with Crippen LogP contribution in [0.3, 0.4) is 0 Å². The summed E-state index contributed by atoms with van der Waals surface area (Å²) in [7, 11) is 0. The van der Waals surface area contributed by atoms with Crippen molar-refractivity contribution in [1.82, 2.24) is 44.1 Å². The van der Waals surface area contributed by atoms with Crippen LogP contribution in [-0.2, 0) is 19.1 Å². The highest BCUT2D eigenvalue weighted by Gasteiger charge is 2.25. The molecule has 0 aromatic carbocycles. The highest BCUT2D eigenvalue weighted by Crippen LogP contribution is 2.26. The highest BCUT2D eigenvalue weighted by atomic mass is 79.9. The van der Waals surface area contributed by atoms with Crippen molar-refractivity contribution >= 4 is 78.8 Å². The van der Waals surface area contributed by atoms with E-state index < -0.39 is 5.97 Å². The Morgan fingerprint density at radius 3 is 1.75 bits per heavy atom. The number of carboxylic acids is 1. The number of aliphatic carboxylic acids is 1. The molecule has 3 saturated heterocycles. The van der Waals surface area contributed by atoms with Crippen LogP contribution in [-0.4, -0.2) is 136 Å². The van der Waals surface area contributed by atoms with E-state index in [9.17, 15) is 9.59 Å². The van der Waals surface area contributed by atoms with E-state index in [1.54, 1.807) is 0 Å². The number of nitrogens with zero attached hydrogens (tertiary/aromatic N) is 9. The van der Waals surface area contributed by atoms with Gasteiger partial charge in [-0.15, -0.1) is 0 Å². The van der Waals surface area contributed by atoms with Crippen LogP contribution in [0, 0.1) is 11.8 Å². The van der Waals surface area contributed by atoms with Crippen molar-refractivity contribution in [2.45, 2.75) is 136 Å². The first-order valence-electron chi connectivity index (χ1n) is 24.4. The molecule has 1 unspecified atom stereocenters. The molecular formula is C47H75Br2N13O5. The highest BCUT2D eigenvalue weighted by molar-refractivity contribution is 9.09. The molecular weight excluding hydrogens is 986 g/mol. The van der Waals surface area contributed by atoms with E-state index in [1.165, 1.54) is 25.3 Å². The Morgan fingerprint density at radius 1 is 0.776 bits per heavy atom. The molecule has 4 aromatic rings. The second-order valence-electron chi connectivity index (χ2n) is 18.3. The Bertz CT molecular complexity index is 2130. The number of aromatic nitrogens is 8. The lowest BCUT2D eigenvalue weighted by molar-refractivity contribution is -0.133. The molecule has 1 amide bonds. The zero-order valence-electron chi connectivity index (χ0n) is 40.5. The summed E-state index contributed by atoms with van der Waals surface area (Å²) in [6, 6.07) is 0.689. The minimum Gasteiger partial charge on any atom is -0.478 e. The minimum atomic E-state index is -0.903. The van der Waals surface area contributed by atoms with Crippen LogP contribution in [0.1, 0.15) is 135 Å². The summed E-state index contributed by atoms with van der Waals surface area (Å²) in [4.78, 5) is 43.1. The number of allylic oxidation sites excluding steroid dienone is 1.